The molecule has 0 heterocycles. The summed E-state index contributed by atoms with van der Waals surface area (Å²) in [4.78, 5) is 0. The monoisotopic (exact) mass is 268 g/mol. The molecule has 1 unspecified atom stereocenters. The largest absolute Gasteiger partial charge is 0.378 e. The fourth-order valence-electron chi connectivity index (χ4n) is 1.72. The van der Waals surface area contributed by atoms with Crippen molar-refractivity contribution >= 4 is 0 Å². The van der Waals surface area contributed by atoms with Crippen molar-refractivity contribution in [2.45, 2.75) is 25.9 Å². The van der Waals surface area contributed by atoms with Crippen LogP contribution in [0.15, 0.2) is 48.5 Å². The van der Waals surface area contributed by atoms with E-state index in [1.807, 2.05) is 37.3 Å². The second-order valence-corrected chi connectivity index (χ2v) is 4.93. The highest BCUT2D eigenvalue weighted by molar-refractivity contribution is 5.65. The fourth-order valence-corrected chi connectivity index (χ4v) is 1.72. The molecule has 102 valence electrons. The number of benzene rings is 2. The second kappa shape index (κ2) is 5.90. The van der Waals surface area contributed by atoms with Crippen molar-refractivity contribution in [3.8, 4) is 23.0 Å². The Kier molecular flexibility index (Phi) is 4.22. The minimum absolute atomic E-state index is 0.236. The minimum Gasteiger partial charge on any atom is -0.378 e. The molecule has 0 aliphatic heterocycles. The van der Waals surface area contributed by atoms with Crippen molar-refractivity contribution in [2.75, 3.05) is 0 Å². The Morgan fingerprint density at radius 3 is 2.35 bits per heavy atom. The molecule has 0 bridgehead atoms. The van der Waals surface area contributed by atoms with E-state index in [2.05, 4.69) is 11.8 Å². The van der Waals surface area contributed by atoms with Crippen molar-refractivity contribution in [3.63, 3.8) is 0 Å². The molecule has 1 nitrogen and oxygen atoms in total. The molecule has 20 heavy (non-hydrogen) atoms. The maximum Gasteiger partial charge on any atom is 0.131 e. The molecule has 0 amide bonds. The molecule has 0 aliphatic carbocycles. The van der Waals surface area contributed by atoms with Crippen LogP contribution in [0.5, 0.6) is 0 Å². The Hall–Kier alpha value is -2.11. The van der Waals surface area contributed by atoms with Crippen LogP contribution in [0.2, 0.25) is 0 Å². The van der Waals surface area contributed by atoms with Crippen LogP contribution in [0, 0.1) is 17.7 Å². The maximum atomic E-state index is 13.7. The van der Waals surface area contributed by atoms with Crippen LogP contribution in [0.4, 0.5) is 4.39 Å². The first-order chi connectivity index (χ1) is 9.52. The van der Waals surface area contributed by atoms with Crippen LogP contribution in [-0.2, 0) is 0 Å². The molecule has 0 aliphatic rings. The Bertz CT molecular complexity index is 645. The highest BCUT2D eigenvalue weighted by Gasteiger charge is 2.12. The molecular weight excluding hydrogens is 251 g/mol. The van der Waals surface area contributed by atoms with Crippen molar-refractivity contribution in [2.24, 2.45) is 0 Å². The van der Waals surface area contributed by atoms with E-state index < -0.39 is 5.60 Å². The lowest BCUT2D eigenvalue weighted by atomic mass is 10.0. The van der Waals surface area contributed by atoms with E-state index >= 15 is 0 Å². The summed E-state index contributed by atoms with van der Waals surface area (Å²) in [5, 5.41) is 9.83. The molecule has 0 aromatic heterocycles. The zero-order valence-corrected chi connectivity index (χ0v) is 11.7. The average molecular weight is 268 g/mol. The first-order valence-corrected chi connectivity index (χ1v) is 6.62. The predicted octanol–water partition coefficient (Wildman–Crippen LogP) is 4.01. The summed E-state index contributed by atoms with van der Waals surface area (Å²) in [6, 6.07) is 14.0. The highest BCUT2D eigenvalue weighted by atomic mass is 19.1. The molecule has 0 saturated heterocycles. The molecule has 0 saturated carbocycles. The predicted molar refractivity (Wildman–Crippen MR) is 79.6 cm³/mol. The van der Waals surface area contributed by atoms with E-state index in [0.717, 1.165) is 11.1 Å². The van der Waals surface area contributed by atoms with Gasteiger partial charge in [0.05, 0.1) is 0 Å². The van der Waals surface area contributed by atoms with E-state index in [4.69, 9.17) is 0 Å². The quantitative estimate of drug-likeness (QED) is 0.816. The van der Waals surface area contributed by atoms with Gasteiger partial charge in [-0.05, 0) is 37.1 Å². The van der Waals surface area contributed by atoms with Gasteiger partial charge in [-0.25, -0.2) is 4.39 Å². The van der Waals surface area contributed by atoms with Crippen LogP contribution in [0.25, 0.3) is 11.1 Å². The lowest BCUT2D eigenvalue weighted by Gasteiger charge is -2.11. The Morgan fingerprint density at radius 2 is 1.75 bits per heavy atom. The van der Waals surface area contributed by atoms with E-state index in [-0.39, 0.29) is 5.82 Å². The summed E-state index contributed by atoms with van der Waals surface area (Å²) < 4.78 is 13.7. The van der Waals surface area contributed by atoms with Crippen LogP contribution in [0.1, 0.15) is 25.8 Å². The second-order valence-electron chi connectivity index (χ2n) is 4.93. The van der Waals surface area contributed by atoms with Crippen LogP contribution in [-0.4, -0.2) is 10.7 Å². The van der Waals surface area contributed by atoms with Gasteiger partial charge in [0.15, 0.2) is 0 Å². The number of hydrogen-bond donors (Lipinski definition) is 1. The molecule has 2 heteroatoms. The third kappa shape index (κ3) is 3.46. The lowest BCUT2D eigenvalue weighted by molar-refractivity contribution is 0.118. The van der Waals surface area contributed by atoms with Crippen LogP contribution in [0.3, 0.4) is 0 Å². The Balaban J connectivity index is 2.26. The first kappa shape index (κ1) is 14.3. The highest BCUT2D eigenvalue weighted by Crippen LogP contribution is 2.22. The summed E-state index contributed by atoms with van der Waals surface area (Å²) in [6.45, 7) is 3.57. The van der Waals surface area contributed by atoms with Crippen molar-refractivity contribution in [1.29, 1.82) is 0 Å². The molecule has 1 atom stereocenters. The molecule has 0 fully saturated rings. The van der Waals surface area contributed by atoms with Gasteiger partial charge in [0, 0.05) is 11.1 Å². The van der Waals surface area contributed by atoms with Gasteiger partial charge >= 0.3 is 0 Å². The van der Waals surface area contributed by atoms with Gasteiger partial charge in [0.25, 0.3) is 0 Å². The zero-order valence-electron chi connectivity index (χ0n) is 11.7. The van der Waals surface area contributed by atoms with Gasteiger partial charge in [-0.3, -0.25) is 0 Å². The van der Waals surface area contributed by atoms with Crippen molar-refractivity contribution < 1.29 is 9.50 Å². The molecule has 1 N–H and O–H groups in total. The third-order valence-electron chi connectivity index (χ3n) is 3.23. The molecule has 2 aromatic carbocycles. The van der Waals surface area contributed by atoms with Gasteiger partial charge in [0.1, 0.15) is 11.4 Å². The van der Waals surface area contributed by atoms with Gasteiger partial charge in [-0.15, -0.1) is 0 Å². The Labute approximate surface area is 119 Å². The van der Waals surface area contributed by atoms with Crippen molar-refractivity contribution in [3.05, 3.63) is 59.9 Å². The SMILES string of the molecule is CCC(C)(O)C#Cc1ccc(-c2ccccc2F)cc1. The van der Waals surface area contributed by atoms with E-state index in [1.165, 1.54) is 6.07 Å². The van der Waals surface area contributed by atoms with Gasteiger partial charge in [-0.2, -0.15) is 0 Å². The lowest BCUT2D eigenvalue weighted by Crippen LogP contribution is -2.19. The topological polar surface area (TPSA) is 20.2 Å². The third-order valence-corrected chi connectivity index (χ3v) is 3.23. The standard InChI is InChI=1S/C18H17FO/c1-3-18(2,20)13-12-14-8-10-15(11-9-14)16-6-4-5-7-17(16)19/h4-11,20H,3H2,1-2H3. The fraction of sp³-hybridized carbons (Fsp3) is 0.222. The summed E-state index contributed by atoms with van der Waals surface area (Å²) in [5.41, 5.74) is 1.23. The Morgan fingerprint density at radius 1 is 1.10 bits per heavy atom. The number of halogens is 1. The zero-order chi connectivity index (χ0) is 14.6. The first-order valence-electron chi connectivity index (χ1n) is 6.62. The van der Waals surface area contributed by atoms with Gasteiger partial charge in [-0.1, -0.05) is 49.1 Å². The van der Waals surface area contributed by atoms with E-state index in [0.29, 0.717) is 12.0 Å². The van der Waals surface area contributed by atoms with Crippen molar-refractivity contribution in [1.82, 2.24) is 0 Å². The van der Waals surface area contributed by atoms with E-state index in [1.54, 1.807) is 19.1 Å². The van der Waals surface area contributed by atoms with Crippen LogP contribution >= 0.6 is 0 Å². The molecule has 0 spiro atoms. The van der Waals surface area contributed by atoms with Crippen LogP contribution < -0.4 is 0 Å². The molecular formula is C18H17FO. The molecule has 2 aromatic rings. The minimum atomic E-state index is -0.968. The smallest absolute Gasteiger partial charge is 0.131 e. The normalized spacial score (nSPS) is 13.2. The summed E-state index contributed by atoms with van der Waals surface area (Å²) in [7, 11) is 0. The molecule has 2 rings (SSSR count). The number of hydrogen-bond acceptors (Lipinski definition) is 1. The molecule has 0 radical (unpaired) electrons. The average Bonchev–Trinajstić information content (AvgIpc) is 2.46. The number of aliphatic hydroxyl groups is 1. The number of rotatable bonds is 2. The van der Waals surface area contributed by atoms with Gasteiger partial charge in [0.2, 0.25) is 0 Å². The maximum absolute atomic E-state index is 13.7. The van der Waals surface area contributed by atoms with E-state index in [9.17, 15) is 9.50 Å². The summed E-state index contributed by atoms with van der Waals surface area (Å²) in [5.74, 6) is 5.53. The summed E-state index contributed by atoms with van der Waals surface area (Å²) in [6.07, 6.45) is 0.577. The summed E-state index contributed by atoms with van der Waals surface area (Å²) >= 11 is 0. The van der Waals surface area contributed by atoms with Gasteiger partial charge < -0.3 is 5.11 Å².